The van der Waals surface area contributed by atoms with E-state index in [1.165, 1.54) is 6.21 Å². The Labute approximate surface area is 158 Å². The second kappa shape index (κ2) is 7.57. The highest BCUT2D eigenvalue weighted by Gasteiger charge is 2.16. The van der Waals surface area contributed by atoms with Crippen molar-refractivity contribution in [2.75, 3.05) is 14.2 Å². The highest BCUT2D eigenvalue weighted by Crippen LogP contribution is 2.26. The lowest BCUT2D eigenvalue weighted by Crippen LogP contribution is -2.20. The van der Waals surface area contributed by atoms with Gasteiger partial charge < -0.3 is 9.47 Å². The van der Waals surface area contributed by atoms with Crippen molar-refractivity contribution < 1.29 is 14.3 Å². The number of nitrogens with one attached hydrogen (secondary N) is 1. The van der Waals surface area contributed by atoms with E-state index in [0.29, 0.717) is 28.5 Å². The number of rotatable bonds is 5. The number of fused-ring (bicyclic) bond motifs is 1. The Hall–Kier alpha value is -2.87. The van der Waals surface area contributed by atoms with Crippen LogP contribution in [-0.4, -0.2) is 35.7 Å². The van der Waals surface area contributed by atoms with Gasteiger partial charge in [0.1, 0.15) is 11.3 Å². The van der Waals surface area contributed by atoms with Crippen molar-refractivity contribution in [1.29, 1.82) is 0 Å². The first-order valence-corrected chi connectivity index (χ1v) is 8.52. The number of halogens is 1. The summed E-state index contributed by atoms with van der Waals surface area (Å²) in [4.78, 5) is 16.9. The molecule has 1 amide bonds. The van der Waals surface area contributed by atoms with E-state index in [-0.39, 0.29) is 5.91 Å². The summed E-state index contributed by atoms with van der Waals surface area (Å²) in [5.41, 5.74) is 5.06. The summed E-state index contributed by atoms with van der Waals surface area (Å²) in [6, 6.07) is 9.06. The molecular formula is C18H17BrN4O3. The molecule has 1 aromatic carbocycles. The number of benzene rings is 1. The molecule has 0 aliphatic heterocycles. The second-order valence-corrected chi connectivity index (χ2v) is 6.35. The highest BCUT2D eigenvalue weighted by molar-refractivity contribution is 9.10. The molecule has 8 heteroatoms. The maximum absolute atomic E-state index is 12.5. The summed E-state index contributed by atoms with van der Waals surface area (Å²) in [5.74, 6) is 0.871. The van der Waals surface area contributed by atoms with Crippen LogP contribution < -0.4 is 14.9 Å². The minimum absolute atomic E-state index is 0.343. The van der Waals surface area contributed by atoms with E-state index in [2.05, 4.69) is 31.4 Å². The van der Waals surface area contributed by atoms with Crippen molar-refractivity contribution in [1.82, 2.24) is 14.8 Å². The Balaban J connectivity index is 1.80. The van der Waals surface area contributed by atoms with E-state index in [0.717, 1.165) is 10.0 Å². The molecule has 0 spiro atoms. The highest BCUT2D eigenvalue weighted by atomic mass is 79.9. The van der Waals surface area contributed by atoms with Crippen molar-refractivity contribution >= 4 is 33.7 Å². The van der Waals surface area contributed by atoms with Gasteiger partial charge in [-0.2, -0.15) is 5.10 Å². The van der Waals surface area contributed by atoms with Gasteiger partial charge in [0.05, 0.1) is 26.1 Å². The minimum Gasteiger partial charge on any atom is -0.493 e. The lowest BCUT2D eigenvalue weighted by molar-refractivity contribution is 0.0948. The molecule has 0 fully saturated rings. The summed E-state index contributed by atoms with van der Waals surface area (Å²) in [7, 11) is 3.13. The van der Waals surface area contributed by atoms with Crippen LogP contribution in [0.4, 0.5) is 0 Å². The van der Waals surface area contributed by atoms with Crippen LogP contribution >= 0.6 is 15.9 Å². The smallest absolute Gasteiger partial charge is 0.290 e. The Bertz CT molecular complexity index is 998. The normalized spacial score (nSPS) is 11.1. The van der Waals surface area contributed by atoms with Crippen LogP contribution in [0.3, 0.4) is 0 Å². The molecule has 2 aromatic heterocycles. The van der Waals surface area contributed by atoms with Crippen LogP contribution in [-0.2, 0) is 0 Å². The molecule has 3 rings (SSSR count). The SMILES string of the molecule is COc1ccc(C=NNC(=O)c2c(C)nc3ccc(Br)cn23)cc1OC. The molecule has 0 unspecified atom stereocenters. The fourth-order valence-corrected chi connectivity index (χ4v) is 2.90. The third kappa shape index (κ3) is 3.55. The summed E-state index contributed by atoms with van der Waals surface area (Å²) in [5, 5.41) is 4.03. The average molecular weight is 417 g/mol. The summed E-state index contributed by atoms with van der Waals surface area (Å²) < 4.78 is 13.0. The lowest BCUT2D eigenvalue weighted by atomic mass is 10.2. The van der Waals surface area contributed by atoms with Gasteiger partial charge in [0.2, 0.25) is 0 Å². The van der Waals surface area contributed by atoms with Crippen molar-refractivity contribution in [2.24, 2.45) is 5.10 Å². The number of carbonyl (C=O) groups is 1. The van der Waals surface area contributed by atoms with Crippen molar-refractivity contribution in [3.8, 4) is 11.5 Å². The number of imidazole rings is 1. The van der Waals surface area contributed by atoms with Crippen LogP contribution in [0.2, 0.25) is 0 Å². The van der Waals surface area contributed by atoms with Gasteiger partial charge in [0.15, 0.2) is 11.5 Å². The molecule has 0 aliphatic carbocycles. The maximum atomic E-state index is 12.5. The largest absolute Gasteiger partial charge is 0.493 e. The van der Waals surface area contributed by atoms with E-state index >= 15 is 0 Å². The van der Waals surface area contributed by atoms with Gasteiger partial charge in [-0.25, -0.2) is 10.4 Å². The van der Waals surface area contributed by atoms with E-state index in [1.54, 1.807) is 43.9 Å². The van der Waals surface area contributed by atoms with E-state index in [4.69, 9.17) is 9.47 Å². The minimum atomic E-state index is -0.343. The molecule has 26 heavy (non-hydrogen) atoms. The van der Waals surface area contributed by atoms with E-state index in [1.807, 2.05) is 18.2 Å². The Morgan fingerprint density at radius 1 is 1.23 bits per heavy atom. The molecule has 3 aromatic rings. The number of hydrogen-bond donors (Lipinski definition) is 1. The number of methoxy groups -OCH3 is 2. The number of hydrogen-bond acceptors (Lipinski definition) is 5. The molecule has 1 N–H and O–H groups in total. The van der Waals surface area contributed by atoms with Crippen LogP contribution in [0.1, 0.15) is 21.7 Å². The molecule has 0 atom stereocenters. The van der Waals surface area contributed by atoms with Crippen molar-refractivity contribution in [3.63, 3.8) is 0 Å². The van der Waals surface area contributed by atoms with E-state index < -0.39 is 0 Å². The standard InChI is InChI=1S/C18H17BrN4O3/c1-11-17(23-10-13(19)5-7-16(23)21-11)18(24)22-20-9-12-4-6-14(25-2)15(8-12)26-3/h4-10H,1-3H3,(H,22,24). The number of ether oxygens (including phenoxy) is 2. The Morgan fingerprint density at radius 3 is 2.73 bits per heavy atom. The molecule has 0 bridgehead atoms. The van der Waals surface area contributed by atoms with Gasteiger partial charge in [-0.1, -0.05) is 0 Å². The number of carbonyl (C=O) groups excluding carboxylic acids is 1. The number of aromatic nitrogens is 2. The van der Waals surface area contributed by atoms with Gasteiger partial charge in [-0.3, -0.25) is 9.20 Å². The van der Waals surface area contributed by atoms with Gasteiger partial charge in [-0.05, 0) is 58.7 Å². The molecule has 7 nitrogen and oxygen atoms in total. The monoisotopic (exact) mass is 416 g/mol. The quantitative estimate of drug-likeness (QED) is 0.511. The zero-order chi connectivity index (χ0) is 18.7. The average Bonchev–Trinajstić information content (AvgIpc) is 2.96. The Kier molecular flexibility index (Phi) is 5.22. The molecular weight excluding hydrogens is 400 g/mol. The molecule has 0 radical (unpaired) electrons. The number of hydrazone groups is 1. The lowest BCUT2D eigenvalue weighted by Gasteiger charge is -2.07. The number of nitrogens with zero attached hydrogens (tertiary/aromatic N) is 3. The number of pyridine rings is 1. The fraction of sp³-hybridized carbons (Fsp3) is 0.167. The van der Waals surface area contributed by atoms with Gasteiger partial charge in [0, 0.05) is 10.7 Å². The van der Waals surface area contributed by atoms with Gasteiger partial charge in [0.25, 0.3) is 5.91 Å². The Morgan fingerprint density at radius 2 is 2.00 bits per heavy atom. The first kappa shape index (κ1) is 17.9. The van der Waals surface area contributed by atoms with Crippen molar-refractivity contribution in [3.05, 3.63) is 58.0 Å². The topological polar surface area (TPSA) is 77.2 Å². The zero-order valence-corrected chi connectivity index (χ0v) is 16.1. The summed E-state index contributed by atoms with van der Waals surface area (Å²) in [6.45, 7) is 1.79. The fourth-order valence-electron chi connectivity index (χ4n) is 2.56. The molecule has 0 aliphatic rings. The van der Waals surface area contributed by atoms with Gasteiger partial charge >= 0.3 is 0 Å². The van der Waals surface area contributed by atoms with Crippen LogP contribution in [0, 0.1) is 6.92 Å². The van der Waals surface area contributed by atoms with Crippen LogP contribution in [0.5, 0.6) is 11.5 Å². The third-order valence-electron chi connectivity index (χ3n) is 3.76. The van der Waals surface area contributed by atoms with E-state index in [9.17, 15) is 4.79 Å². The first-order chi connectivity index (χ1) is 12.5. The summed E-state index contributed by atoms with van der Waals surface area (Å²) >= 11 is 3.40. The van der Waals surface area contributed by atoms with Crippen LogP contribution in [0.25, 0.3) is 5.65 Å². The molecule has 2 heterocycles. The predicted octanol–water partition coefficient (Wildman–Crippen LogP) is 3.19. The maximum Gasteiger partial charge on any atom is 0.290 e. The van der Waals surface area contributed by atoms with Crippen LogP contribution in [0.15, 0.2) is 46.1 Å². The number of aryl methyl sites for hydroxylation is 1. The predicted molar refractivity (Wildman–Crippen MR) is 102 cm³/mol. The molecule has 0 saturated carbocycles. The number of amides is 1. The molecule has 134 valence electrons. The van der Waals surface area contributed by atoms with Crippen molar-refractivity contribution in [2.45, 2.75) is 6.92 Å². The first-order valence-electron chi connectivity index (χ1n) is 7.73. The third-order valence-corrected chi connectivity index (χ3v) is 4.23. The molecule has 0 saturated heterocycles. The summed E-state index contributed by atoms with van der Waals surface area (Å²) in [6.07, 6.45) is 3.33. The van der Waals surface area contributed by atoms with Gasteiger partial charge in [-0.15, -0.1) is 0 Å². The zero-order valence-electron chi connectivity index (χ0n) is 14.5. The second-order valence-electron chi connectivity index (χ2n) is 5.43.